The summed E-state index contributed by atoms with van der Waals surface area (Å²) in [6, 6.07) is 0. The van der Waals surface area contributed by atoms with Crippen molar-refractivity contribution in [3.05, 3.63) is 32.6 Å². The predicted octanol–water partition coefficient (Wildman–Crippen LogP) is 4.49. The SMILES string of the molecule is [2H]C([2H])([2H])c1cn([C@@H]2O[C@H](CO[Si](C)(C)C(C)(C)C)[C@@H](O[Si](C)(C)C(C)(C)C)[C@H]2F)c(=O)[nH]c1=O. The standard InChI is InChI=1S/C22H41FN2O5Si2/c1-14-12-25(20(27)24-18(14)26)19-16(23)17(30-32(10,11)22(5,6)7)15(29-19)13-28-31(8,9)21(2,3)4/h12,15-17,19H,13H2,1-11H3,(H,24,26,27)/t15-,16-,17-,19-/m1/s1/i1D3. The average molecular weight is 492 g/mol. The van der Waals surface area contributed by atoms with Crippen LogP contribution in [-0.2, 0) is 13.6 Å². The van der Waals surface area contributed by atoms with E-state index in [4.69, 9.17) is 17.7 Å². The molecule has 1 saturated heterocycles. The summed E-state index contributed by atoms with van der Waals surface area (Å²) in [5, 5.41) is -0.292. The molecule has 2 rings (SSSR count). The summed E-state index contributed by atoms with van der Waals surface area (Å²) in [7, 11) is -4.67. The van der Waals surface area contributed by atoms with Gasteiger partial charge in [-0.05, 0) is 43.1 Å². The quantitative estimate of drug-likeness (QED) is 0.593. The lowest BCUT2D eigenvalue weighted by atomic mass is 10.1. The van der Waals surface area contributed by atoms with Crippen molar-refractivity contribution in [3.63, 3.8) is 0 Å². The maximum absolute atomic E-state index is 16.0. The van der Waals surface area contributed by atoms with Gasteiger partial charge in [0.25, 0.3) is 5.56 Å². The van der Waals surface area contributed by atoms with Gasteiger partial charge in [-0.3, -0.25) is 14.3 Å². The van der Waals surface area contributed by atoms with Gasteiger partial charge in [0.15, 0.2) is 29.0 Å². The van der Waals surface area contributed by atoms with Crippen LogP contribution in [0.15, 0.2) is 15.8 Å². The molecule has 184 valence electrons. The van der Waals surface area contributed by atoms with Crippen molar-refractivity contribution in [2.75, 3.05) is 6.61 Å². The van der Waals surface area contributed by atoms with Crippen molar-refractivity contribution in [2.45, 2.75) is 109 Å². The van der Waals surface area contributed by atoms with E-state index in [9.17, 15) is 9.59 Å². The molecule has 0 spiro atoms. The number of ether oxygens (including phenoxy) is 1. The van der Waals surface area contributed by atoms with E-state index >= 15 is 4.39 Å². The summed E-state index contributed by atoms with van der Waals surface area (Å²) in [6.07, 6.45) is -4.24. The predicted molar refractivity (Wildman–Crippen MR) is 130 cm³/mol. The molecule has 1 aromatic rings. The highest BCUT2D eigenvalue weighted by molar-refractivity contribution is 6.74. The van der Waals surface area contributed by atoms with Gasteiger partial charge < -0.3 is 13.6 Å². The van der Waals surface area contributed by atoms with E-state index < -0.39 is 64.9 Å². The van der Waals surface area contributed by atoms with Crippen molar-refractivity contribution in [2.24, 2.45) is 0 Å². The van der Waals surface area contributed by atoms with Gasteiger partial charge in [0, 0.05) is 15.9 Å². The molecule has 0 unspecified atom stereocenters. The molecule has 7 nitrogen and oxygen atoms in total. The zero-order valence-corrected chi connectivity index (χ0v) is 23.0. The summed E-state index contributed by atoms with van der Waals surface area (Å²) in [5.74, 6) is 0. The molecule has 1 aliphatic rings. The lowest BCUT2D eigenvalue weighted by Crippen LogP contribution is -2.50. The first-order valence-electron chi connectivity index (χ1n) is 12.5. The van der Waals surface area contributed by atoms with Gasteiger partial charge >= 0.3 is 5.69 Å². The number of nitrogens with one attached hydrogen (secondary N) is 1. The van der Waals surface area contributed by atoms with Crippen LogP contribution >= 0.6 is 0 Å². The molecule has 1 aromatic heterocycles. The minimum atomic E-state index is -2.78. The summed E-state index contributed by atoms with van der Waals surface area (Å²) in [4.78, 5) is 26.6. The summed E-state index contributed by atoms with van der Waals surface area (Å²) < 4.78 is 58.3. The first-order chi connectivity index (χ1) is 15.5. The number of aromatic nitrogens is 2. The Morgan fingerprint density at radius 2 is 1.69 bits per heavy atom. The second-order valence-electron chi connectivity index (χ2n) is 11.6. The third-order valence-corrected chi connectivity index (χ3v) is 16.1. The monoisotopic (exact) mass is 491 g/mol. The highest BCUT2D eigenvalue weighted by Gasteiger charge is 2.52. The molecule has 1 N–H and O–H groups in total. The van der Waals surface area contributed by atoms with Crippen LogP contribution in [0.25, 0.3) is 0 Å². The van der Waals surface area contributed by atoms with Gasteiger partial charge in [-0.15, -0.1) is 0 Å². The molecule has 0 aliphatic carbocycles. The summed E-state index contributed by atoms with van der Waals surface area (Å²) >= 11 is 0. The van der Waals surface area contributed by atoms with Crippen molar-refractivity contribution >= 4 is 16.6 Å². The number of hydrogen-bond donors (Lipinski definition) is 1. The molecule has 4 atom stereocenters. The third-order valence-electron chi connectivity index (χ3n) is 7.16. The lowest BCUT2D eigenvalue weighted by molar-refractivity contribution is -0.0456. The molecule has 2 heterocycles. The van der Waals surface area contributed by atoms with Crippen LogP contribution in [0, 0.1) is 6.85 Å². The normalized spacial score (nSPS) is 27.2. The Labute approximate surface area is 197 Å². The van der Waals surface area contributed by atoms with E-state index in [1.165, 1.54) is 0 Å². The van der Waals surface area contributed by atoms with Gasteiger partial charge in [-0.1, -0.05) is 41.5 Å². The summed E-state index contributed by atoms with van der Waals surface area (Å²) in [5.41, 5.74) is -2.60. The fourth-order valence-electron chi connectivity index (χ4n) is 2.89. The molecule has 10 heteroatoms. The number of rotatable bonds is 6. The van der Waals surface area contributed by atoms with Crippen molar-refractivity contribution in [1.29, 1.82) is 0 Å². The number of halogens is 1. The van der Waals surface area contributed by atoms with E-state index in [0.717, 1.165) is 10.8 Å². The van der Waals surface area contributed by atoms with E-state index in [2.05, 4.69) is 33.9 Å². The molecule has 0 amide bonds. The number of hydrogen-bond acceptors (Lipinski definition) is 5. The Hall–Kier alpha value is -1.08. The maximum Gasteiger partial charge on any atom is 0.330 e. The van der Waals surface area contributed by atoms with Gasteiger partial charge in [-0.25, -0.2) is 9.18 Å². The number of aryl methyl sites for hydroxylation is 1. The van der Waals surface area contributed by atoms with E-state index in [-0.39, 0.29) is 16.7 Å². The minimum Gasteiger partial charge on any atom is -0.414 e. The highest BCUT2D eigenvalue weighted by atomic mass is 28.4. The van der Waals surface area contributed by atoms with Crippen LogP contribution in [0.1, 0.15) is 57.4 Å². The molecule has 32 heavy (non-hydrogen) atoms. The average Bonchev–Trinajstić information content (AvgIpc) is 2.92. The van der Waals surface area contributed by atoms with Crippen molar-refractivity contribution in [3.8, 4) is 0 Å². The highest BCUT2D eigenvalue weighted by Crippen LogP contribution is 2.43. The Morgan fingerprint density at radius 3 is 2.19 bits per heavy atom. The van der Waals surface area contributed by atoms with Crippen LogP contribution in [0.2, 0.25) is 36.3 Å². The second kappa shape index (κ2) is 8.94. The Morgan fingerprint density at radius 1 is 1.12 bits per heavy atom. The molecule has 0 saturated carbocycles. The van der Waals surface area contributed by atoms with Gasteiger partial charge in [-0.2, -0.15) is 0 Å². The number of nitrogens with zero attached hydrogens (tertiary/aromatic N) is 1. The van der Waals surface area contributed by atoms with E-state index in [1.54, 1.807) is 0 Å². The lowest BCUT2D eigenvalue weighted by Gasteiger charge is -2.40. The van der Waals surface area contributed by atoms with Crippen LogP contribution in [0.3, 0.4) is 0 Å². The van der Waals surface area contributed by atoms with Gasteiger partial charge in [0.05, 0.1) is 6.61 Å². The molecular weight excluding hydrogens is 447 g/mol. The van der Waals surface area contributed by atoms with E-state index in [0.29, 0.717) is 0 Å². The van der Waals surface area contributed by atoms with Crippen LogP contribution < -0.4 is 11.2 Å². The smallest absolute Gasteiger partial charge is 0.330 e. The fourth-order valence-corrected chi connectivity index (χ4v) is 5.22. The topological polar surface area (TPSA) is 82.6 Å². The Bertz CT molecular complexity index is 1030. The third kappa shape index (κ3) is 5.52. The number of aromatic amines is 1. The Balaban J connectivity index is 2.50. The minimum absolute atomic E-state index is 0.0664. The molecule has 0 bridgehead atoms. The van der Waals surface area contributed by atoms with Crippen LogP contribution in [-0.4, -0.2) is 51.2 Å². The summed E-state index contributed by atoms with van der Waals surface area (Å²) in [6.45, 7) is 17.8. The molecule has 1 aliphatic heterocycles. The molecular formula is C22H41FN2O5Si2. The van der Waals surface area contributed by atoms with Crippen LogP contribution in [0.5, 0.6) is 0 Å². The first-order valence-corrected chi connectivity index (χ1v) is 16.8. The van der Waals surface area contributed by atoms with Crippen molar-refractivity contribution < 1.29 is 22.1 Å². The number of alkyl halides is 1. The van der Waals surface area contributed by atoms with Gasteiger partial charge in [0.1, 0.15) is 12.2 Å². The first kappa shape index (κ1) is 22.7. The van der Waals surface area contributed by atoms with Crippen molar-refractivity contribution in [1.82, 2.24) is 9.55 Å². The van der Waals surface area contributed by atoms with Gasteiger partial charge in [0.2, 0.25) is 0 Å². The van der Waals surface area contributed by atoms with Crippen LogP contribution in [0.4, 0.5) is 4.39 Å². The zero-order valence-electron chi connectivity index (χ0n) is 24.0. The molecule has 0 aromatic carbocycles. The Kier molecular flexibility index (Phi) is 6.34. The fraction of sp³-hybridized carbons (Fsp3) is 0.818. The second-order valence-corrected chi connectivity index (χ2v) is 21.2. The zero-order chi connectivity index (χ0) is 27.4. The maximum atomic E-state index is 16.0. The van der Waals surface area contributed by atoms with E-state index in [1.807, 2.05) is 38.8 Å². The number of H-pyrrole nitrogens is 1. The largest absolute Gasteiger partial charge is 0.414 e. The molecule has 0 radical (unpaired) electrons. The molecule has 1 fully saturated rings.